The fourth-order valence-corrected chi connectivity index (χ4v) is 8.37. The van der Waals surface area contributed by atoms with Crippen LogP contribution in [-0.2, 0) is 28.6 Å². The van der Waals surface area contributed by atoms with E-state index in [1.807, 2.05) is 0 Å². The van der Waals surface area contributed by atoms with Crippen molar-refractivity contribution in [1.82, 2.24) is 0 Å². The van der Waals surface area contributed by atoms with Crippen molar-refractivity contribution >= 4 is 17.9 Å². The lowest BCUT2D eigenvalue weighted by Gasteiger charge is -2.18. The Hall–Kier alpha value is -5.23. The second kappa shape index (κ2) is 67.3. The number of unbranched alkanes of at least 4 members (excludes halogenated alkanes) is 18. The molecule has 0 aromatic carbocycles. The van der Waals surface area contributed by atoms with Gasteiger partial charge in [0.1, 0.15) is 13.2 Å². The zero-order valence-electron chi connectivity index (χ0n) is 52.0. The van der Waals surface area contributed by atoms with E-state index in [0.29, 0.717) is 19.3 Å². The van der Waals surface area contributed by atoms with Crippen molar-refractivity contribution in [3.63, 3.8) is 0 Å². The summed E-state index contributed by atoms with van der Waals surface area (Å²) in [6, 6.07) is 0. The molecule has 0 fully saturated rings. The molecule has 81 heavy (non-hydrogen) atoms. The first kappa shape index (κ1) is 75.8. The van der Waals surface area contributed by atoms with Crippen LogP contribution >= 0.6 is 0 Å². The highest BCUT2D eigenvalue weighted by Gasteiger charge is 2.19. The van der Waals surface area contributed by atoms with Crippen molar-refractivity contribution in [1.29, 1.82) is 0 Å². The number of rotatable bonds is 57. The number of allylic oxidation sites excluding steroid dienone is 28. The maximum absolute atomic E-state index is 12.9. The van der Waals surface area contributed by atoms with Gasteiger partial charge >= 0.3 is 17.9 Å². The minimum Gasteiger partial charge on any atom is -0.462 e. The SMILES string of the molecule is CC/C=C\C/C=C\C/C=C\C/C=C\C/C=C\C/C=C\CCCCCCC(=O)OCC(COC(=O)CCC/C=C\C/C=C\C/C=C\C/C=C\C/C=C\CC)OC(=O)CCCCCCCCCC/C=C\C/C=C\C/C=C\CCCCCCC. The molecule has 0 bridgehead atoms. The third-order valence-electron chi connectivity index (χ3n) is 13.2. The van der Waals surface area contributed by atoms with Gasteiger partial charge in [0.2, 0.25) is 0 Å². The molecule has 0 aliphatic carbocycles. The Bertz CT molecular complexity index is 1860. The van der Waals surface area contributed by atoms with Gasteiger partial charge in [0, 0.05) is 19.3 Å². The summed E-state index contributed by atoms with van der Waals surface area (Å²) in [5.74, 6) is -1.01. The summed E-state index contributed by atoms with van der Waals surface area (Å²) in [6.45, 7) is 6.32. The van der Waals surface area contributed by atoms with E-state index in [0.717, 1.165) is 148 Å². The molecule has 0 rings (SSSR count). The molecule has 6 heteroatoms. The van der Waals surface area contributed by atoms with Gasteiger partial charge in [-0.3, -0.25) is 14.4 Å². The molecule has 0 aliphatic heterocycles. The van der Waals surface area contributed by atoms with Crippen LogP contribution in [0, 0.1) is 0 Å². The molecule has 0 radical (unpaired) electrons. The highest BCUT2D eigenvalue weighted by molar-refractivity contribution is 5.71. The number of esters is 3. The molecular weight excluding hydrogens is 997 g/mol. The summed E-state index contributed by atoms with van der Waals surface area (Å²) in [7, 11) is 0. The molecule has 0 spiro atoms. The Labute approximate surface area is 498 Å². The first-order valence-corrected chi connectivity index (χ1v) is 32.6. The van der Waals surface area contributed by atoms with Crippen molar-refractivity contribution in [3.05, 3.63) is 170 Å². The Morgan fingerprint density at radius 1 is 0.259 bits per heavy atom. The van der Waals surface area contributed by atoms with Crippen LogP contribution in [0.3, 0.4) is 0 Å². The van der Waals surface area contributed by atoms with Crippen molar-refractivity contribution in [2.75, 3.05) is 13.2 Å². The summed E-state index contributed by atoms with van der Waals surface area (Å²) in [6.07, 6.45) is 99.3. The topological polar surface area (TPSA) is 78.9 Å². The van der Waals surface area contributed by atoms with E-state index in [4.69, 9.17) is 14.2 Å². The number of hydrogen-bond donors (Lipinski definition) is 0. The van der Waals surface area contributed by atoms with Crippen LogP contribution in [0.4, 0.5) is 0 Å². The molecule has 0 aromatic heterocycles. The van der Waals surface area contributed by atoms with Gasteiger partial charge in [0.15, 0.2) is 6.10 Å². The average Bonchev–Trinajstić information content (AvgIpc) is 3.47. The van der Waals surface area contributed by atoms with Crippen molar-refractivity contribution < 1.29 is 28.6 Å². The van der Waals surface area contributed by atoms with Gasteiger partial charge in [-0.1, -0.05) is 268 Å². The summed E-state index contributed by atoms with van der Waals surface area (Å²) in [5, 5.41) is 0. The van der Waals surface area contributed by atoms with Crippen LogP contribution in [-0.4, -0.2) is 37.2 Å². The lowest BCUT2D eigenvalue weighted by atomic mass is 10.1. The maximum atomic E-state index is 12.9. The van der Waals surface area contributed by atoms with Crippen LogP contribution in [0.2, 0.25) is 0 Å². The van der Waals surface area contributed by atoms with Gasteiger partial charge in [-0.25, -0.2) is 0 Å². The molecule has 0 aromatic rings. The third-order valence-corrected chi connectivity index (χ3v) is 13.2. The number of hydrogen-bond acceptors (Lipinski definition) is 6. The zero-order valence-corrected chi connectivity index (χ0v) is 52.0. The molecular formula is C75H118O6. The van der Waals surface area contributed by atoms with E-state index in [-0.39, 0.29) is 37.5 Å². The van der Waals surface area contributed by atoms with Crippen molar-refractivity contribution in [3.8, 4) is 0 Å². The molecule has 0 saturated carbocycles. The van der Waals surface area contributed by atoms with E-state index < -0.39 is 6.10 Å². The predicted molar refractivity (Wildman–Crippen MR) is 352 cm³/mol. The molecule has 1 atom stereocenters. The van der Waals surface area contributed by atoms with E-state index >= 15 is 0 Å². The molecule has 0 heterocycles. The first-order chi connectivity index (χ1) is 40.0. The minimum atomic E-state index is -0.828. The van der Waals surface area contributed by atoms with Crippen LogP contribution < -0.4 is 0 Å². The van der Waals surface area contributed by atoms with Crippen molar-refractivity contribution in [2.24, 2.45) is 0 Å². The highest BCUT2D eigenvalue weighted by Crippen LogP contribution is 2.14. The van der Waals surface area contributed by atoms with E-state index in [1.54, 1.807) is 0 Å². The van der Waals surface area contributed by atoms with E-state index in [2.05, 4.69) is 191 Å². The van der Waals surface area contributed by atoms with Gasteiger partial charge in [-0.2, -0.15) is 0 Å². The third kappa shape index (κ3) is 65.5. The van der Waals surface area contributed by atoms with Crippen LogP contribution in [0.15, 0.2) is 170 Å². The molecule has 1 unspecified atom stereocenters. The van der Waals surface area contributed by atoms with Crippen LogP contribution in [0.5, 0.6) is 0 Å². The fraction of sp³-hybridized carbons (Fsp3) is 0.587. The van der Waals surface area contributed by atoms with Gasteiger partial charge in [-0.05, 0) is 148 Å². The lowest BCUT2D eigenvalue weighted by Crippen LogP contribution is -2.30. The number of carbonyl (C=O) groups is 3. The largest absolute Gasteiger partial charge is 0.462 e. The Kier molecular flexibility index (Phi) is 62.9. The zero-order chi connectivity index (χ0) is 58.5. The van der Waals surface area contributed by atoms with Crippen molar-refractivity contribution in [2.45, 2.75) is 271 Å². The Balaban J connectivity index is 4.55. The average molecular weight is 1120 g/mol. The quantitative estimate of drug-likeness (QED) is 0.0261. The lowest BCUT2D eigenvalue weighted by molar-refractivity contribution is -0.167. The summed E-state index contributed by atoms with van der Waals surface area (Å²) in [4.78, 5) is 38.4. The molecule has 0 amide bonds. The maximum Gasteiger partial charge on any atom is 0.306 e. The Morgan fingerprint density at radius 2 is 0.494 bits per heavy atom. The fourth-order valence-electron chi connectivity index (χ4n) is 8.37. The smallest absolute Gasteiger partial charge is 0.306 e. The summed E-state index contributed by atoms with van der Waals surface area (Å²) >= 11 is 0. The van der Waals surface area contributed by atoms with Crippen LogP contribution in [0.25, 0.3) is 0 Å². The summed E-state index contributed by atoms with van der Waals surface area (Å²) < 4.78 is 16.9. The normalized spacial score (nSPS) is 13.3. The first-order valence-electron chi connectivity index (χ1n) is 32.6. The standard InChI is InChI=1S/C75H118O6/c1-4-7-10-13-16-19-22-25-28-31-33-35-37-39-41-44-47-50-53-56-59-62-65-68-74(77)80-71-72(70-79-73(76)67-64-61-58-55-52-49-46-43-30-27-24-21-18-15-12-9-6-3)81-75(78)69-66-63-60-57-54-51-48-45-42-40-38-36-34-32-29-26-23-20-17-14-11-8-5-2/h7,9-10,12,16,18-19,21,23,25-28,30,32-35,38-41,46-47,49-50,55,58,72H,4-6,8,11,13-15,17,20,22,24,29,31,36-37,42-45,48,51-54,56-57,59-71H2,1-3H3/b10-7-,12-9-,19-16-,21-18-,26-23-,28-25-,30-27-,34-32-,35-33-,40-38-,41-39-,49-46-,50-47-,58-55-. The summed E-state index contributed by atoms with van der Waals surface area (Å²) in [5.41, 5.74) is 0. The van der Waals surface area contributed by atoms with Gasteiger partial charge in [0.05, 0.1) is 0 Å². The van der Waals surface area contributed by atoms with E-state index in [1.165, 1.54) is 70.6 Å². The highest BCUT2D eigenvalue weighted by atomic mass is 16.6. The second-order valence-corrected chi connectivity index (χ2v) is 20.9. The van der Waals surface area contributed by atoms with E-state index in [9.17, 15) is 14.4 Å². The molecule has 6 nitrogen and oxygen atoms in total. The monoisotopic (exact) mass is 1110 g/mol. The molecule has 0 aliphatic rings. The number of carbonyl (C=O) groups excluding carboxylic acids is 3. The molecule has 454 valence electrons. The molecule has 0 N–H and O–H groups in total. The molecule has 0 saturated heterocycles. The second-order valence-electron chi connectivity index (χ2n) is 20.9. The van der Waals surface area contributed by atoms with Gasteiger partial charge < -0.3 is 14.2 Å². The van der Waals surface area contributed by atoms with Gasteiger partial charge in [-0.15, -0.1) is 0 Å². The van der Waals surface area contributed by atoms with Gasteiger partial charge in [0.25, 0.3) is 0 Å². The predicted octanol–water partition coefficient (Wildman–Crippen LogP) is 22.7. The minimum absolute atomic E-state index is 0.120. The Morgan fingerprint density at radius 3 is 0.802 bits per heavy atom. The number of ether oxygens (including phenoxy) is 3. The van der Waals surface area contributed by atoms with Crippen LogP contribution in [0.1, 0.15) is 265 Å².